The Morgan fingerprint density at radius 1 is 1.39 bits per heavy atom. The summed E-state index contributed by atoms with van der Waals surface area (Å²) in [4.78, 5) is 0. The fourth-order valence-corrected chi connectivity index (χ4v) is 2.20. The van der Waals surface area contributed by atoms with Gasteiger partial charge in [0.1, 0.15) is 0 Å². The third-order valence-electron chi connectivity index (χ3n) is 2.60. The number of ether oxygens (including phenoxy) is 1. The molecule has 104 valence electrons. The lowest BCUT2D eigenvalue weighted by Gasteiger charge is -2.14. The van der Waals surface area contributed by atoms with Crippen LogP contribution in [0, 0.1) is 0 Å². The molecule has 0 bridgehead atoms. The largest absolute Gasteiger partial charge is 0.389 e. The van der Waals surface area contributed by atoms with Crippen LogP contribution >= 0.6 is 11.3 Å². The zero-order chi connectivity index (χ0) is 13.2. The van der Waals surface area contributed by atoms with Crippen LogP contribution in [0.4, 0.5) is 0 Å². The number of aliphatic hydroxyl groups excluding tert-OH is 2. The second-order valence-corrected chi connectivity index (χ2v) is 5.09. The van der Waals surface area contributed by atoms with Crippen molar-refractivity contribution < 1.29 is 14.9 Å². The SMILES string of the molecule is CCCCOCC(O)CNCC(O)c1ccsc1. The predicted octanol–water partition coefficient (Wildman–Crippen LogP) is 1.55. The maximum atomic E-state index is 9.80. The normalized spacial score (nSPS) is 14.6. The molecule has 0 saturated carbocycles. The van der Waals surface area contributed by atoms with Crippen LogP contribution < -0.4 is 5.32 Å². The molecule has 1 heterocycles. The van der Waals surface area contributed by atoms with Crippen molar-refractivity contribution >= 4 is 11.3 Å². The zero-order valence-electron chi connectivity index (χ0n) is 10.8. The van der Waals surface area contributed by atoms with Crippen molar-refractivity contribution in [3.63, 3.8) is 0 Å². The number of rotatable bonds is 10. The van der Waals surface area contributed by atoms with Gasteiger partial charge in [0, 0.05) is 19.7 Å². The van der Waals surface area contributed by atoms with E-state index in [-0.39, 0.29) is 0 Å². The highest BCUT2D eigenvalue weighted by atomic mass is 32.1. The molecule has 0 aliphatic heterocycles. The lowest BCUT2D eigenvalue weighted by atomic mass is 10.2. The van der Waals surface area contributed by atoms with E-state index in [4.69, 9.17) is 4.74 Å². The van der Waals surface area contributed by atoms with Crippen molar-refractivity contribution in [3.8, 4) is 0 Å². The third kappa shape index (κ3) is 6.47. The topological polar surface area (TPSA) is 61.7 Å². The van der Waals surface area contributed by atoms with Gasteiger partial charge in [0.2, 0.25) is 0 Å². The number of thiophene rings is 1. The monoisotopic (exact) mass is 273 g/mol. The van der Waals surface area contributed by atoms with Crippen molar-refractivity contribution in [2.45, 2.75) is 32.0 Å². The summed E-state index contributed by atoms with van der Waals surface area (Å²) in [6.45, 7) is 4.04. The first-order chi connectivity index (χ1) is 8.74. The molecule has 1 aromatic heterocycles. The van der Waals surface area contributed by atoms with Crippen LogP contribution in [0.15, 0.2) is 16.8 Å². The summed E-state index contributed by atoms with van der Waals surface area (Å²) in [5, 5.41) is 26.3. The highest BCUT2D eigenvalue weighted by Gasteiger charge is 2.09. The number of aliphatic hydroxyl groups is 2. The molecular weight excluding hydrogens is 250 g/mol. The van der Waals surface area contributed by atoms with E-state index < -0.39 is 12.2 Å². The van der Waals surface area contributed by atoms with E-state index in [1.807, 2.05) is 16.8 Å². The minimum Gasteiger partial charge on any atom is -0.389 e. The average Bonchev–Trinajstić information content (AvgIpc) is 2.88. The smallest absolute Gasteiger partial charge is 0.0922 e. The second-order valence-electron chi connectivity index (χ2n) is 4.31. The predicted molar refractivity (Wildman–Crippen MR) is 73.9 cm³/mol. The molecule has 0 fully saturated rings. The lowest BCUT2D eigenvalue weighted by molar-refractivity contribution is 0.0342. The van der Waals surface area contributed by atoms with E-state index in [0.29, 0.717) is 26.3 Å². The van der Waals surface area contributed by atoms with Gasteiger partial charge in [-0.1, -0.05) is 13.3 Å². The van der Waals surface area contributed by atoms with Crippen molar-refractivity contribution in [3.05, 3.63) is 22.4 Å². The molecule has 2 unspecified atom stereocenters. The molecule has 0 aliphatic rings. The molecule has 3 N–H and O–H groups in total. The van der Waals surface area contributed by atoms with E-state index in [0.717, 1.165) is 18.4 Å². The maximum absolute atomic E-state index is 9.80. The summed E-state index contributed by atoms with van der Waals surface area (Å²) in [7, 11) is 0. The molecule has 1 rings (SSSR count). The molecular formula is C13H23NO3S. The Morgan fingerprint density at radius 3 is 2.89 bits per heavy atom. The summed E-state index contributed by atoms with van der Waals surface area (Å²) in [5.41, 5.74) is 0.918. The highest BCUT2D eigenvalue weighted by Crippen LogP contribution is 2.14. The van der Waals surface area contributed by atoms with Crippen LogP contribution in [-0.4, -0.2) is 42.6 Å². The Labute approximate surface area is 113 Å². The van der Waals surface area contributed by atoms with E-state index in [1.54, 1.807) is 11.3 Å². The maximum Gasteiger partial charge on any atom is 0.0922 e. The van der Waals surface area contributed by atoms with Crippen molar-refractivity contribution in [1.82, 2.24) is 5.32 Å². The van der Waals surface area contributed by atoms with Gasteiger partial charge in [0.25, 0.3) is 0 Å². The van der Waals surface area contributed by atoms with Gasteiger partial charge in [-0.15, -0.1) is 0 Å². The van der Waals surface area contributed by atoms with Crippen LogP contribution in [0.1, 0.15) is 31.4 Å². The Morgan fingerprint density at radius 2 is 2.22 bits per heavy atom. The molecule has 0 radical (unpaired) electrons. The van der Waals surface area contributed by atoms with E-state index in [9.17, 15) is 10.2 Å². The van der Waals surface area contributed by atoms with Crippen molar-refractivity contribution in [2.24, 2.45) is 0 Å². The first-order valence-corrected chi connectivity index (χ1v) is 7.35. The zero-order valence-corrected chi connectivity index (χ0v) is 11.7. The molecule has 1 aromatic rings. The van der Waals surface area contributed by atoms with E-state index in [1.165, 1.54) is 0 Å². The highest BCUT2D eigenvalue weighted by molar-refractivity contribution is 7.07. The third-order valence-corrected chi connectivity index (χ3v) is 3.30. The van der Waals surface area contributed by atoms with Gasteiger partial charge in [0.15, 0.2) is 0 Å². The fraction of sp³-hybridized carbons (Fsp3) is 0.692. The van der Waals surface area contributed by atoms with Gasteiger partial charge < -0.3 is 20.3 Å². The van der Waals surface area contributed by atoms with E-state index >= 15 is 0 Å². The quantitative estimate of drug-likeness (QED) is 0.566. The van der Waals surface area contributed by atoms with Gasteiger partial charge >= 0.3 is 0 Å². The average molecular weight is 273 g/mol. The van der Waals surface area contributed by atoms with Gasteiger partial charge in [0.05, 0.1) is 18.8 Å². The molecule has 2 atom stereocenters. The second kappa shape index (κ2) is 9.47. The summed E-state index contributed by atoms with van der Waals surface area (Å²) in [6, 6.07) is 1.90. The van der Waals surface area contributed by atoms with Crippen LogP contribution in [-0.2, 0) is 4.74 Å². The van der Waals surface area contributed by atoms with E-state index in [2.05, 4.69) is 12.2 Å². The molecule has 0 aromatic carbocycles. The number of unbranched alkanes of at least 4 members (excludes halogenated alkanes) is 1. The fourth-order valence-electron chi connectivity index (χ4n) is 1.49. The minimum atomic E-state index is -0.517. The Balaban J connectivity index is 2.03. The standard InChI is InChI=1S/C13H23NO3S/c1-2-3-5-17-9-12(15)7-14-8-13(16)11-4-6-18-10-11/h4,6,10,12-16H,2-3,5,7-9H2,1H3. The summed E-state index contributed by atoms with van der Waals surface area (Å²) in [5.74, 6) is 0. The van der Waals surface area contributed by atoms with Gasteiger partial charge in [-0.05, 0) is 28.8 Å². The summed E-state index contributed by atoms with van der Waals surface area (Å²) < 4.78 is 5.31. The van der Waals surface area contributed by atoms with Crippen LogP contribution in [0.5, 0.6) is 0 Å². The molecule has 18 heavy (non-hydrogen) atoms. The van der Waals surface area contributed by atoms with Crippen LogP contribution in [0.2, 0.25) is 0 Å². The van der Waals surface area contributed by atoms with Crippen molar-refractivity contribution in [1.29, 1.82) is 0 Å². The molecule has 4 nitrogen and oxygen atoms in total. The molecule has 0 spiro atoms. The van der Waals surface area contributed by atoms with Crippen LogP contribution in [0.25, 0.3) is 0 Å². The van der Waals surface area contributed by atoms with Gasteiger partial charge in [-0.3, -0.25) is 0 Å². The Hall–Kier alpha value is -0.460. The lowest BCUT2D eigenvalue weighted by Crippen LogP contribution is -2.33. The van der Waals surface area contributed by atoms with Crippen molar-refractivity contribution in [2.75, 3.05) is 26.3 Å². The first-order valence-electron chi connectivity index (χ1n) is 6.40. The summed E-state index contributed by atoms with van der Waals surface area (Å²) >= 11 is 1.57. The molecule has 0 aliphatic carbocycles. The number of hydrogen-bond donors (Lipinski definition) is 3. The van der Waals surface area contributed by atoms with Gasteiger partial charge in [-0.25, -0.2) is 0 Å². The Bertz CT molecular complexity index is 292. The molecule has 0 amide bonds. The van der Waals surface area contributed by atoms with Gasteiger partial charge in [-0.2, -0.15) is 11.3 Å². The number of hydrogen-bond acceptors (Lipinski definition) is 5. The number of nitrogens with one attached hydrogen (secondary N) is 1. The molecule has 0 saturated heterocycles. The first kappa shape index (κ1) is 15.6. The Kier molecular flexibility index (Phi) is 8.20. The summed E-state index contributed by atoms with van der Waals surface area (Å²) in [6.07, 6.45) is 1.10. The van der Waals surface area contributed by atoms with Crippen LogP contribution in [0.3, 0.4) is 0 Å². The minimum absolute atomic E-state index is 0.349. The molecule has 5 heteroatoms.